The molecule has 92 valence electrons. The maximum absolute atomic E-state index is 11.3. The number of carbonyl (C=O) groups excluding carboxylic acids is 1. The molecule has 1 aromatic heterocycles. The Morgan fingerprint density at radius 3 is 2.94 bits per heavy atom. The van der Waals surface area contributed by atoms with Crippen molar-refractivity contribution < 1.29 is 14.3 Å². The van der Waals surface area contributed by atoms with Gasteiger partial charge in [-0.1, -0.05) is 0 Å². The van der Waals surface area contributed by atoms with E-state index in [1.807, 2.05) is 0 Å². The van der Waals surface area contributed by atoms with E-state index >= 15 is 0 Å². The molecule has 1 aliphatic heterocycles. The minimum atomic E-state index is -0.373. The van der Waals surface area contributed by atoms with Gasteiger partial charge >= 0.3 is 5.97 Å². The topological polar surface area (TPSA) is 60.5 Å². The van der Waals surface area contributed by atoms with Crippen LogP contribution in [0.4, 0.5) is 0 Å². The molecule has 2 rings (SSSR count). The molecule has 1 aliphatic rings. The van der Waals surface area contributed by atoms with Gasteiger partial charge in [0.15, 0.2) is 0 Å². The van der Waals surface area contributed by atoms with E-state index in [0.717, 1.165) is 25.9 Å². The van der Waals surface area contributed by atoms with Crippen molar-refractivity contribution >= 4 is 5.97 Å². The number of hydrogen-bond acceptors (Lipinski definition) is 5. The standard InChI is InChI=1S/C12H16N2O3/c1-16-12(15)9-2-7-14-11(8-9)17-10-3-5-13-6-4-10/h2,7-8,10,13H,3-6H2,1H3. The van der Waals surface area contributed by atoms with Crippen LogP contribution in [0.2, 0.25) is 0 Å². The highest BCUT2D eigenvalue weighted by Gasteiger charge is 2.15. The number of hydrogen-bond donors (Lipinski definition) is 1. The summed E-state index contributed by atoms with van der Waals surface area (Å²) in [5.41, 5.74) is 0.464. The number of rotatable bonds is 3. The van der Waals surface area contributed by atoms with E-state index in [1.165, 1.54) is 7.11 Å². The third-order valence-electron chi connectivity index (χ3n) is 2.73. The van der Waals surface area contributed by atoms with Crippen molar-refractivity contribution in [1.29, 1.82) is 0 Å². The number of nitrogens with one attached hydrogen (secondary N) is 1. The number of pyridine rings is 1. The molecule has 0 unspecified atom stereocenters. The number of piperidine rings is 1. The molecule has 17 heavy (non-hydrogen) atoms. The zero-order valence-corrected chi connectivity index (χ0v) is 9.81. The number of esters is 1. The van der Waals surface area contributed by atoms with Crippen LogP contribution >= 0.6 is 0 Å². The summed E-state index contributed by atoms with van der Waals surface area (Å²) in [6, 6.07) is 3.23. The Hall–Kier alpha value is -1.62. The second kappa shape index (κ2) is 5.63. The third kappa shape index (κ3) is 3.17. The van der Waals surface area contributed by atoms with E-state index in [2.05, 4.69) is 15.0 Å². The lowest BCUT2D eigenvalue weighted by atomic mass is 10.1. The van der Waals surface area contributed by atoms with Gasteiger partial charge < -0.3 is 14.8 Å². The Balaban J connectivity index is 2.02. The summed E-state index contributed by atoms with van der Waals surface area (Å²) in [5, 5.41) is 3.26. The Morgan fingerprint density at radius 2 is 2.24 bits per heavy atom. The fourth-order valence-electron chi connectivity index (χ4n) is 1.80. The Morgan fingerprint density at radius 1 is 1.47 bits per heavy atom. The van der Waals surface area contributed by atoms with Crippen molar-refractivity contribution in [2.24, 2.45) is 0 Å². The van der Waals surface area contributed by atoms with Gasteiger partial charge in [-0.15, -0.1) is 0 Å². The number of methoxy groups -OCH3 is 1. The van der Waals surface area contributed by atoms with E-state index in [0.29, 0.717) is 11.4 Å². The van der Waals surface area contributed by atoms with E-state index in [9.17, 15) is 4.79 Å². The minimum absolute atomic E-state index is 0.177. The van der Waals surface area contributed by atoms with Gasteiger partial charge in [-0.25, -0.2) is 9.78 Å². The van der Waals surface area contributed by atoms with Crippen LogP contribution in [0.15, 0.2) is 18.3 Å². The highest BCUT2D eigenvalue weighted by Crippen LogP contribution is 2.15. The Bertz CT molecular complexity index is 389. The lowest BCUT2D eigenvalue weighted by Crippen LogP contribution is -2.34. The van der Waals surface area contributed by atoms with Gasteiger partial charge in [-0.3, -0.25) is 0 Å². The van der Waals surface area contributed by atoms with E-state index in [-0.39, 0.29) is 12.1 Å². The molecule has 5 nitrogen and oxygen atoms in total. The van der Waals surface area contributed by atoms with Gasteiger partial charge in [0.1, 0.15) is 6.10 Å². The summed E-state index contributed by atoms with van der Waals surface area (Å²) in [7, 11) is 1.36. The monoisotopic (exact) mass is 236 g/mol. The zero-order chi connectivity index (χ0) is 12.1. The molecule has 1 saturated heterocycles. The fourth-order valence-corrected chi connectivity index (χ4v) is 1.80. The SMILES string of the molecule is COC(=O)c1ccnc(OC2CCNCC2)c1. The minimum Gasteiger partial charge on any atom is -0.474 e. The molecule has 0 aliphatic carbocycles. The predicted molar refractivity (Wildman–Crippen MR) is 62.1 cm³/mol. The number of nitrogens with zero attached hydrogens (tertiary/aromatic N) is 1. The van der Waals surface area contributed by atoms with Crippen molar-refractivity contribution in [2.45, 2.75) is 18.9 Å². The van der Waals surface area contributed by atoms with Crippen molar-refractivity contribution in [3.63, 3.8) is 0 Å². The van der Waals surface area contributed by atoms with Crippen LogP contribution in [0.1, 0.15) is 23.2 Å². The van der Waals surface area contributed by atoms with Crippen molar-refractivity contribution in [1.82, 2.24) is 10.3 Å². The molecule has 2 heterocycles. The quantitative estimate of drug-likeness (QED) is 0.793. The van der Waals surface area contributed by atoms with E-state index in [1.54, 1.807) is 18.3 Å². The molecule has 0 spiro atoms. The number of ether oxygens (including phenoxy) is 2. The van der Waals surface area contributed by atoms with Crippen LogP contribution in [0.3, 0.4) is 0 Å². The summed E-state index contributed by atoms with van der Waals surface area (Å²) in [4.78, 5) is 15.4. The first-order valence-corrected chi connectivity index (χ1v) is 5.71. The molecule has 1 fully saturated rings. The van der Waals surface area contributed by atoms with Crippen molar-refractivity contribution in [3.05, 3.63) is 23.9 Å². The maximum atomic E-state index is 11.3. The summed E-state index contributed by atoms with van der Waals surface area (Å²) < 4.78 is 10.4. The highest BCUT2D eigenvalue weighted by atomic mass is 16.5. The lowest BCUT2D eigenvalue weighted by molar-refractivity contribution is 0.0599. The predicted octanol–water partition coefficient (Wildman–Crippen LogP) is 0.999. The molecule has 0 amide bonds. The van der Waals surface area contributed by atoms with Gasteiger partial charge in [0, 0.05) is 12.3 Å². The van der Waals surface area contributed by atoms with Gasteiger partial charge in [0.25, 0.3) is 0 Å². The summed E-state index contributed by atoms with van der Waals surface area (Å²) >= 11 is 0. The van der Waals surface area contributed by atoms with E-state index < -0.39 is 0 Å². The normalized spacial score (nSPS) is 16.5. The third-order valence-corrected chi connectivity index (χ3v) is 2.73. The molecule has 1 N–H and O–H groups in total. The maximum Gasteiger partial charge on any atom is 0.338 e. The van der Waals surface area contributed by atoms with Crippen molar-refractivity contribution in [2.75, 3.05) is 20.2 Å². The van der Waals surface area contributed by atoms with Gasteiger partial charge in [-0.05, 0) is 32.0 Å². The lowest BCUT2D eigenvalue weighted by Gasteiger charge is -2.23. The van der Waals surface area contributed by atoms with Gasteiger partial charge in [0.05, 0.1) is 12.7 Å². The molecular weight excluding hydrogens is 220 g/mol. The first-order valence-electron chi connectivity index (χ1n) is 5.71. The number of carbonyl (C=O) groups is 1. The average Bonchev–Trinajstić information content (AvgIpc) is 2.39. The molecular formula is C12H16N2O3. The first-order chi connectivity index (χ1) is 8.29. The largest absolute Gasteiger partial charge is 0.474 e. The zero-order valence-electron chi connectivity index (χ0n) is 9.81. The number of aromatic nitrogens is 1. The summed E-state index contributed by atoms with van der Waals surface area (Å²) in [6.07, 6.45) is 3.66. The van der Waals surface area contributed by atoms with Crippen LogP contribution in [-0.2, 0) is 4.74 Å². The van der Waals surface area contributed by atoms with Crippen molar-refractivity contribution in [3.8, 4) is 5.88 Å². The van der Waals surface area contributed by atoms with Crippen LogP contribution in [-0.4, -0.2) is 37.3 Å². The molecule has 0 saturated carbocycles. The highest BCUT2D eigenvalue weighted by molar-refractivity contribution is 5.89. The Kier molecular flexibility index (Phi) is 3.93. The van der Waals surface area contributed by atoms with Crippen LogP contribution in [0.5, 0.6) is 5.88 Å². The molecule has 0 bridgehead atoms. The second-order valence-electron chi connectivity index (χ2n) is 3.94. The first kappa shape index (κ1) is 11.9. The molecule has 5 heteroatoms. The van der Waals surface area contributed by atoms with Gasteiger partial charge in [0.2, 0.25) is 5.88 Å². The molecule has 0 atom stereocenters. The molecule has 0 aromatic carbocycles. The molecule has 0 radical (unpaired) electrons. The van der Waals surface area contributed by atoms with Crippen LogP contribution in [0, 0.1) is 0 Å². The summed E-state index contributed by atoms with van der Waals surface area (Å²) in [5.74, 6) is 0.113. The van der Waals surface area contributed by atoms with Crippen LogP contribution < -0.4 is 10.1 Å². The smallest absolute Gasteiger partial charge is 0.338 e. The average molecular weight is 236 g/mol. The van der Waals surface area contributed by atoms with E-state index in [4.69, 9.17) is 4.74 Å². The van der Waals surface area contributed by atoms with Gasteiger partial charge in [-0.2, -0.15) is 0 Å². The summed E-state index contributed by atoms with van der Waals surface area (Å²) in [6.45, 7) is 1.92. The molecule has 1 aromatic rings. The Labute approximate surface area is 100 Å². The van der Waals surface area contributed by atoms with Crippen LogP contribution in [0.25, 0.3) is 0 Å². The second-order valence-corrected chi connectivity index (χ2v) is 3.94. The fraction of sp³-hybridized carbons (Fsp3) is 0.500.